The van der Waals surface area contributed by atoms with Crippen LogP contribution in [0.2, 0.25) is 0 Å². The largest absolute Gasteiger partial charge is 0.506 e. The van der Waals surface area contributed by atoms with Gasteiger partial charge >= 0.3 is 4.87 Å². The summed E-state index contributed by atoms with van der Waals surface area (Å²) in [5, 5.41) is 24.1. The van der Waals surface area contributed by atoms with E-state index in [-0.39, 0.29) is 10.6 Å². The van der Waals surface area contributed by atoms with E-state index >= 15 is 0 Å². The highest BCUT2D eigenvalue weighted by Gasteiger charge is 2.16. The second-order valence-electron chi connectivity index (χ2n) is 8.22. The Balaban J connectivity index is 1.22. The molecule has 0 fully saturated rings. The predicted molar refractivity (Wildman–Crippen MR) is 133 cm³/mol. The van der Waals surface area contributed by atoms with E-state index in [9.17, 15) is 15.0 Å². The van der Waals surface area contributed by atoms with Crippen LogP contribution in [-0.2, 0) is 19.4 Å². The van der Waals surface area contributed by atoms with E-state index in [2.05, 4.69) is 39.6 Å². The number of phenols is 1. The smallest absolute Gasteiger partial charge is 0.305 e. The summed E-state index contributed by atoms with van der Waals surface area (Å²) in [6.07, 6.45) is 5.49. The van der Waals surface area contributed by atoms with Crippen LogP contribution in [0.4, 0.5) is 0 Å². The van der Waals surface area contributed by atoms with Crippen molar-refractivity contribution in [1.82, 2.24) is 15.3 Å². The molecule has 7 heteroatoms. The highest BCUT2D eigenvalue weighted by molar-refractivity contribution is 7.16. The van der Waals surface area contributed by atoms with Crippen molar-refractivity contribution in [2.24, 2.45) is 0 Å². The van der Waals surface area contributed by atoms with Crippen LogP contribution in [0, 0.1) is 0 Å². The van der Waals surface area contributed by atoms with Crippen LogP contribution in [-0.4, -0.2) is 26.7 Å². The van der Waals surface area contributed by atoms with E-state index in [1.165, 1.54) is 17.2 Å². The van der Waals surface area contributed by atoms with Gasteiger partial charge in [-0.15, -0.1) is 0 Å². The van der Waals surface area contributed by atoms with E-state index in [1.807, 2.05) is 24.4 Å². The molecule has 0 aliphatic carbocycles. The van der Waals surface area contributed by atoms with Crippen molar-refractivity contribution >= 4 is 21.6 Å². The normalized spacial score (nSPS) is 12.3. The third kappa shape index (κ3) is 6.28. The third-order valence-corrected chi connectivity index (χ3v) is 6.68. The molecular weight excluding hydrogens is 434 g/mol. The molecule has 0 amide bonds. The van der Waals surface area contributed by atoms with Gasteiger partial charge in [0.1, 0.15) is 11.3 Å². The Labute approximate surface area is 197 Å². The van der Waals surface area contributed by atoms with Crippen molar-refractivity contribution < 1.29 is 10.2 Å². The number of pyridine rings is 1. The van der Waals surface area contributed by atoms with Crippen LogP contribution in [0.3, 0.4) is 0 Å². The zero-order valence-electron chi connectivity index (χ0n) is 18.5. The molecule has 6 nitrogen and oxygen atoms in total. The molecule has 0 spiro atoms. The van der Waals surface area contributed by atoms with Crippen molar-refractivity contribution in [2.45, 2.75) is 44.8 Å². The lowest BCUT2D eigenvalue weighted by molar-refractivity contribution is 0.165. The molecule has 0 aliphatic rings. The van der Waals surface area contributed by atoms with Gasteiger partial charge in [0.15, 0.2) is 0 Å². The maximum atomic E-state index is 11.7. The highest BCUT2D eigenvalue weighted by atomic mass is 32.1. The fourth-order valence-corrected chi connectivity index (χ4v) is 4.93. The first-order valence-corrected chi connectivity index (χ1v) is 12.1. The SMILES string of the molecule is O=c1[nH]c2c(O)ccc([C@@H](O)CCCCc3cccc(CNCCc4ccccn4)c3)c2s1. The first-order valence-electron chi connectivity index (χ1n) is 11.3. The number of aromatic hydroxyl groups is 1. The molecule has 1 atom stereocenters. The zero-order valence-corrected chi connectivity index (χ0v) is 19.3. The second kappa shape index (κ2) is 11.2. The number of H-pyrrole nitrogens is 1. The molecule has 0 saturated carbocycles. The second-order valence-corrected chi connectivity index (χ2v) is 9.21. The van der Waals surface area contributed by atoms with E-state index < -0.39 is 6.10 Å². The van der Waals surface area contributed by atoms with Gasteiger partial charge in [-0.25, -0.2) is 0 Å². The van der Waals surface area contributed by atoms with E-state index in [1.54, 1.807) is 6.07 Å². The molecule has 0 radical (unpaired) electrons. The quantitative estimate of drug-likeness (QED) is 0.246. The number of rotatable bonds is 11. The van der Waals surface area contributed by atoms with E-state index in [4.69, 9.17) is 0 Å². The molecule has 2 aromatic heterocycles. The number of aromatic nitrogens is 2. The van der Waals surface area contributed by atoms with Gasteiger partial charge in [0, 0.05) is 37.0 Å². The Bertz CT molecular complexity index is 1240. The average Bonchev–Trinajstić information content (AvgIpc) is 3.23. The van der Waals surface area contributed by atoms with Crippen LogP contribution >= 0.6 is 11.3 Å². The standard InChI is InChI=1S/C26H29N3O3S/c30-22(21-11-12-23(31)24-25(21)33-26(32)29-24)10-2-1-6-18-7-5-8-19(16-18)17-27-15-13-20-9-3-4-14-28-20/h3-5,7-9,11-12,14,16,22,27,30-31H,1-2,6,10,13,15,17H2,(H,29,32)/t22-/m0/s1. The molecule has 2 aromatic carbocycles. The number of hydrogen-bond donors (Lipinski definition) is 4. The molecule has 4 aromatic rings. The fourth-order valence-electron chi connectivity index (χ4n) is 4.01. The summed E-state index contributed by atoms with van der Waals surface area (Å²) >= 11 is 1.03. The van der Waals surface area contributed by atoms with Crippen LogP contribution < -0.4 is 10.2 Å². The maximum Gasteiger partial charge on any atom is 0.305 e. The number of thiazole rings is 1. The minimum absolute atomic E-state index is 0.0328. The van der Waals surface area contributed by atoms with Gasteiger partial charge in [-0.1, -0.05) is 54.2 Å². The zero-order chi connectivity index (χ0) is 23.0. The number of aryl methyl sites for hydroxylation is 1. The number of aliphatic hydroxyl groups is 1. The first-order chi connectivity index (χ1) is 16.1. The average molecular weight is 464 g/mol. The highest BCUT2D eigenvalue weighted by Crippen LogP contribution is 2.33. The molecule has 33 heavy (non-hydrogen) atoms. The van der Waals surface area contributed by atoms with Crippen LogP contribution in [0.25, 0.3) is 10.2 Å². The molecule has 2 heterocycles. The minimum atomic E-state index is -0.658. The van der Waals surface area contributed by atoms with Crippen LogP contribution in [0.1, 0.15) is 47.8 Å². The fraction of sp³-hybridized carbons (Fsp3) is 0.308. The molecule has 0 bridgehead atoms. The Hall–Kier alpha value is -3.00. The third-order valence-electron chi connectivity index (χ3n) is 5.74. The Kier molecular flexibility index (Phi) is 7.88. The number of nitrogens with one attached hydrogen (secondary N) is 2. The Morgan fingerprint density at radius 3 is 2.76 bits per heavy atom. The van der Waals surface area contributed by atoms with Gasteiger partial charge in [-0.2, -0.15) is 0 Å². The van der Waals surface area contributed by atoms with Gasteiger partial charge in [0.2, 0.25) is 0 Å². The number of aliphatic hydroxyl groups excluding tert-OH is 1. The maximum absolute atomic E-state index is 11.7. The van der Waals surface area contributed by atoms with E-state index in [0.29, 0.717) is 22.2 Å². The van der Waals surface area contributed by atoms with Crippen molar-refractivity contribution in [1.29, 1.82) is 0 Å². The van der Waals surface area contributed by atoms with Crippen molar-refractivity contribution in [2.75, 3.05) is 6.54 Å². The molecule has 172 valence electrons. The summed E-state index contributed by atoms with van der Waals surface area (Å²) < 4.78 is 0.635. The Morgan fingerprint density at radius 2 is 1.91 bits per heavy atom. The number of nitrogens with zero attached hydrogens (tertiary/aromatic N) is 1. The van der Waals surface area contributed by atoms with Gasteiger partial charge < -0.3 is 20.5 Å². The van der Waals surface area contributed by atoms with Gasteiger partial charge in [0.25, 0.3) is 0 Å². The number of fused-ring (bicyclic) bond motifs is 1. The van der Waals surface area contributed by atoms with Crippen molar-refractivity contribution in [3.63, 3.8) is 0 Å². The number of phenolic OH excluding ortho intramolecular Hbond substituents is 1. The molecule has 0 saturated heterocycles. The number of benzene rings is 2. The van der Waals surface area contributed by atoms with Crippen molar-refractivity contribution in [3.8, 4) is 5.75 Å². The summed E-state index contributed by atoms with van der Waals surface area (Å²) in [5.41, 5.74) is 4.77. The Morgan fingerprint density at radius 1 is 1.03 bits per heavy atom. The summed E-state index contributed by atoms with van der Waals surface area (Å²) in [6.45, 7) is 1.72. The lowest BCUT2D eigenvalue weighted by atomic mass is 10.00. The van der Waals surface area contributed by atoms with Crippen LogP contribution in [0.5, 0.6) is 5.75 Å². The van der Waals surface area contributed by atoms with Crippen LogP contribution in [0.15, 0.2) is 65.6 Å². The number of unbranched alkanes of at least 4 members (excludes halogenated alkanes) is 1. The topological polar surface area (TPSA) is 98.2 Å². The summed E-state index contributed by atoms with van der Waals surface area (Å²) in [7, 11) is 0. The van der Waals surface area contributed by atoms with Gasteiger partial charge in [-0.05, 0) is 48.6 Å². The van der Waals surface area contributed by atoms with Crippen molar-refractivity contribution in [3.05, 3.63) is 92.8 Å². The summed E-state index contributed by atoms with van der Waals surface area (Å²) in [5.74, 6) is 0.0328. The number of hydrogen-bond acceptors (Lipinski definition) is 6. The molecular formula is C26H29N3O3S. The van der Waals surface area contributed by atoms with Gasteiger partial charge in [-0.3, -0.25) is 9.78 Å². The minimum Gasteiger partial charge on any atom is -0.506 e. The molecule has 4 N–H and O–H groups in total. The lowest BCUT2D eigenvalue weighted by Gasteiger charge is -2.12. The molecule has 4 rings (SSSR count). The van der Waals surface area contributed by atoms with Gasteiger partial charge in [0.05, 0.1) is 10.8 Å². The summed E-state index contributed by atoms with van der Waals surface area (Å²) in [4.78, 5) is 18.4. The first kappa shape index (κ1) is 23.2. The molecule has 0 unspecified atom stereocenters. The predicted octanol–water partition coefficient (Wildman–Crippen LogP) is 4.47. The molecule has 0 aliphatic heterocycles. The monoisotopic (exact) mass is 463 g/mol. The number of aromatic amines is 1. The summed E-state index contributed by atoms with van der Waals surface area (Å²) in [6, 6.07) is 17.8. The van der Waals surface area contributed by atoms with E-state index in [0.717, 1.165) is 55.8 Å². The lowest BCUT2D eigenvalue weighted by Crippen LogP contribution is -2.17.